The first kappa shape index (κ1) is 22.8. The number of allylic oxidation sites excluding steroid dienone is 3. The van der Waals surface area contributed by atoms with Crippen LogP contribution in [0.4, 0.5) is 0 Å². The maximum Gasteiger partial charge on any atom is 0.160 e. The summed E-state index contributed by atoms with van der Waals surface area (Å²) in [5.41, 5.74) is 1.11. The first-order chi connectivity index (χ1) is 10.8. The summed E-state index contributed by atoms with van der Waals surface area (Å²) in [6.07, 6.45) is 9.48. The molecule has 0 saturated heterocycles. The van der Waals surface area contributed by atoms with Gasteiger partial charge in [0.2, 0.25) is 0 Å². The van der Waals surface area contributed by atoms with E-state index in [1.54, 1.807) is 6.08 Å². The number of nitrogens with zero attached hydrogens (tertiary/aromatic N) is 1. The van der Waals surface area contributed by atoms with Gasteiger partial charge in [-0.25, -0.2) is 0 Å². The molecule has 0 fully saturated rings. The van der Waals surface area contributed by atoms with E-state index in [0.29, 0.717) is 11.2 Å². The molecule has 0 heterocycles. The molecule has 138 valence electrons. The molecule has 0 aromatic carbocycles. The lowest BCUT2D eigenvalue weighted by molar-refractivity contribution is -0.121. The molecule has 3 heteroatoms. The van der Waals surface area contributed by atoms with E-state index in [0.717, 1.165) is 37.8 Å². The van der Waals surface area contributed by atoms with Crippen LogP contribution >= 0.6 is 0 Å². The Hall–Kier alpha value is -1.22. The summed E-state index contributed by atoms with van der Waals surface area (Å²) in [6, 6.07) is 0. The van der Waals surface area contributed by atoms with Crippen LogP contribution in [0.25, 0.3) is 0 Å². The predicted molar refractivity (Wildman–Crippen MR) is 103 cm³/mol. The molecule has 0 saturated carbocycles. The number of hydrogen-bond acceptors (Lipinski definition) is 3. The minimum absolute atomic E-state index is 0.185. The Morgan fingerprint density at radius 2 is 1.67 bits per heavy atom. The van der Waals surface area contributed by atoms with Gasteiger partial charge in [0, 0.05) is 18.4 Å². The Labute approximate surface area is 149 Å². The summed E-state index contributed by atoms with van der Waals surface area (Å²) in [6.45, 7) is 13.1. The zero-order chi connectivity index (χ0) is 19.0. The molecule has 0 spiro atoms. The van der Waals surface area contributed by atoms with Crippen molar-refractivity contribution >= 4 is 11.6 Å². The summed E-state index contributed by atoms with van der Waals surface area (Å²) in [7, 11) is 3.96. The average Bonchev–Trinajstić information content (AvgIpc) is 2.32. The van der Waals surface area contributed by atoms with E-state index in [1.165, 1.54) is 0 Å². The molecule has 0 bridgehead atoms. The molecule has 0 aromatic heterocycles. The van der Waals surface area contributed by atoms with Crippen LogP contribution < -0.4 is 0 Å². The van der Waals surface area contributed by atoms with Crippen molar-refractivity contribution < 1.29 is 9.59 Å². The van der Waals surface area contributed by atoms with Gasteiger partial charge in [0.25, 0.3) is 0 Å². The van der Waals surface area contributed by atoms with Gasteiger partial charge in [0.05, 0.1) is 0 Å². The summed E-state index contributed by atoms with van der Waals surface area (Å²) in [5.74, 6) is 0.556. The molecule has 24 heavy (non-hydrogen) atoms. The van der Waals surface area contributed by atoms with Crippen molar-refractivity contribution in [1.82, 2.24) is 4.90 Å². The molecule has 3 nitrogen and oxygen atoms in total. The zero-order valence-corrected chi connectivity index (χ0v) is 17.0. The van der Waals surface area contributed by atoms with Crippen LogP contribution in [-0.2, 0) is 9.59 Å². The lowest BCUT2D eigenvalue weighted by Gasteiger charge is -2.19. The molecule has 0 amide bonds. The molecule has 0 N–H and O–H groups in total. The lowest BCUT2D eigenvalue weighted by Crippen LogP contribution is -2.18. The number of ketones is 2. The van der Waals surface area contributed by atoms with E-state index in [4.69, 9.17) is 0 Å². The Bertz CT molecular complexity index is 471. The Balaban J connectivity index is 0.000000441. The predicted octanol–water partition coefficient (Wildman–Crippen LogP) is 4.82. The molecule has 1 aliphatic rings. The highest BCUT2D eigenvalue weighted by atomic mass is 16.1. The van der Waals surface area contributed by atoms with Crippen molar-refractivity contribution in [3.05, 3.63) is 23.8 Å². The molecule has 1 aliphatic carbocycles. The summed E-state index contributed by atoms with van der Waals surface area (Å²) in [4.78, 5) is 24.8. The number of carbonyl (C=O) groups is 2. The summed E-state index contributed by atoms with van der Waals surface area (Å²) < 4.78 is 0. The standard InChI is InChI=1S/C11H18O.C10H19NO/c1-11(2,3)8-7-10(12)9-5-4-6-9;1-10(2,3)9(12)7-6-8-11(4)5/h5H,4,6-8H2,1-3H3;6-7H,8H2,1-5H3/b;7-6+. The van der Waals surface area contributed by atoms with Crippen molar-refractivity contribution in [2.24, 2.45) is 10.8 Å². The van der Waals surface area contributed by atoms with Gasteiger partial charge in [-0.2, -0.15) is 0 Å². The number of carbonyl (C=O) groups excluding carboxylic acids is 2. The highest BCUT2D eigenvalue weighted by Gasteiger charge is 2.18. The van der Waals surface area contributed by atoms with E-state index in [2.05, 4.69) is 26.8 Å². The fourth-order valence-corrected chi connectivity index (χ4v) is 1.81. The van der Waals surface area contributed by atoms with Gasteiger partial charge in [-0.05, 0) is 50.4 Å². The number of hydrogen-bond donors (Lipinski definition) is 0. The third kappa shape index (κ3) is 11.3. The third-order valence-corrected chi connectivity index (χ3v) is 3.74. The van der Waals surface area contributed by atoms with Crippen molar-refractivity contribution in [3.8, 4) is 0 Å². The second kappa shape index (κ2) is 9.93. The number of likely N-dealkylation sites (N-methyl/N-ethyl adjacent to an activating group) is 1. The molecule has 0 radical (unpaired) electrons. The van der Waals surface area contributed by atoms with Gasteiger partial charge in [0.15, 0.2) is 11.6 Å². The number of rotatable bonds is 6. The molecular weight excluding hydrogens is 298 g/mol. The van der Waals surface area contributed by atoms with Crippen molar-refractivity contribution in [2.75, 3.05) is 20.6 Å². The maximum absolute atomic E-state index is 11.4. The van der Waals surface area contributed by atoms with Crippen LogP contribution in [0.2, 0.25) is 0 Å². The first-order valence-electron chi connectivity index (χ1n) is 8.91. The minimum Gasteiger partial charge on any atom is -0.306 e. The lowest BCUT2D eigenvalue weighted by atomic mass is 9.86. The van der Waals surface area contributed by atoms with Crippen LogP contribution in [0.3, 0.4) is 0 Å². The fourth-order valence-electron chi connectivity index (χ4n) is 1.81. The van der Waals surface area contributed by atoms with E-state index in [-0.39, 0.29) is 11.2 Å². The highest BCUT2D eigenvalue weighted by molar-refractivity contribution is 5.96. The topological polar surface area (TPSA) is 37.4 Å². The van der Waals surface area contributed by atoms with Crippen LogP contribution in [0.1, 0.15) is 67.2 Å². The second-order valence-electron chi connectivity index (χ2n) is 9.03. The molecule has 1 rings (SSSR count). The zero-order valence-electron chi connectivity index (χ0n) is 17.0. The van der Waals surface area contributed by atoms with Crippen molar-refractivity contribution in [1.29, 1.82) is 0 Å². The van der Waals surface area contributed by atoms with Gasteiger partial charge >= 0.3 is 0 Å². The smallest absolute Gasteiger partial charge is 0.160 e. The summed E-state index contributed by atoms with van der Waals surface area (Å²) in [5, 5.41) is 0. The molecular formula is C21H37NO2. The van der Waals surface area contributed by atoms with Crippen molar-refractivity contribution in [3.63, 3.8) is 0 Å². The second-order valence-corrected chi connectivity index (χ2v) is 9.03. The number of Topliss-reactive ketones (excluding diaryl/α,β-unsaturated/α-hetero) is 1. The van der Waals surface area contributed by atoms with Gasteiger partial charge in [0.1, 0.15) is 0 Å². The van der Waals surface area contributed by atoms with Crippen LogP contribution in [0.15, 0.2) is 23.8 Å². The third-order valence-electron chi connectivity index (χ3n) is 3.74. The van der Waals surface area contributed by atoms with E-state index < -0.39 is 0 Å². The Morgan fingerprint density at radius 3 is 2.00 bits per heavy atom. The van der Waals surface area contributed by atoms with Crippen LogP contribution in [-0.4, -0.2) is 37.1 Å². The molecule has 0 aliphatic heterocycles. The molecule has 0 atom stereocenters. The van der Waals surface area contributed by atoms with E-state index in [1.807, 2.05) is 45.8 Å². The normalized spacial score (nSPS) is 14.8. The average molecular weight is 336 g/mol. The molecule has 0 aromatic rings. The van der Waals surface area contributed by atoms with Gasteiger partial charge in [-0.1, -0.05) is 53.7 Å². The van der Waals surface area contributed by atoms with Crippen molar-refractivity contribution in [2.45, 2.75) is 67.2 Å². The Kier molecular flexibility index (Phi) is 9.42. The summed E-state index contributed by atoms with van der Waals surface area (Å²) >= 11 is 0. The van der Waals surface area contributed by atoms with Crippen LogP contribution in [0.5, 0.6) is 0 Å². The fraction of sp³-hybridized carbons (Fsp3) is 0.714. The quantitative estimate of drug-likeness (QED) is 0.653. The molecule has 0 unspecified atom stereocenters. The van der Waals surface area contributed by atoms with E-state index in [9.17, 15) is 9.59 Å². The Morgan fingerprint density at radius 1 is 1.12 bits per heavy atom. The SMILES string of the molecule is CC(C)(C)CCC(=O)C1=CCC1.CN(C)C/C=C/C(=O)C(C)(C)C. The maximum atomic E-state index is 11.4. The van der Waals surface area contributed by atoms with Gasteiger partial charge in [-0.3, -0.25) is 9.59 Å². The minimum atomic E-state index is -0.247. The highest BCUT2D eigenvalue weighted by Crippen LogP contribution is 2.25. The largest absolute Gasteiger partial charge is 0.306 e. The van der Waals surface area contributed by atoms with Gasteiger partial charge in [-0.15, -0.1) is 0 Å². The van der Waals surface area contributed by atoms with Gasteiger partial charge < -0.3 is 4.90 Å². The van der Waals surface area contributed by atoms with E-state index >= 15 is 0 Å². The first-order valence-corrected chi connectivity index (χ1v) is 8.91. The van der Waals surface area contributed by atoms with Crippen LogP contribution in [0, 0.1) is 10.8 Å². The monoisotopic (exact) mass is 335 g/mol.